The lowest BCUT2D eigenvalue weighted by Crippen LogP contribution is -2.44. The zero-order chi connectivity index (χ0) is 23.4. The fourth-order valence-corrected chi connectivity index (χ4v) is 4.90. The normalized spacial score (nSPS) is 19.5. The van der Waals surface area contributed by atoms with E-state index in [0.717, 1.165) is 61.4 Å². The van der Waals surface area contributed by atoms with Crippen molar-refractivity contribution < 1.29 is 18.8 Å². The maximum absolute atomic E-state index is 11.7. The number of hydrogen-bond donors (Lipinski definition) is 1. The molecule has 0 aliphatic carbocycles. The molecule has 1 aromatic heterocycles. The topological polar surface area (TPSA) is 101 Å². The van der Waals surface area contributed by atoms with Gasteiger partial charge in [0.15, 0.2) is 5.82 Å². The minimum absolute atomic E-state index is 0.211. The van der Waals surface area contributed by atoms with Crippen LogP contribution in [0, 0.1) is 0 Å². The molecular formula is C23H31N5O4S. The third-order valence-corrected chi connectivity index (χ3v) is 7.11. The van der Waals surface area contributed by atoms with Gasteiger partial charge in [0.1, 0.15) is 12.4 Å². The number of imide groups is 1. The van der Waals surface area contributed by atoms with E-state index >= 15 is 0 Å². The highest BCUT2D eigenvalue weighted by molar-refractivity contribution is 8.15. The molecule has 178 valence electrons. The van der Waals surface area contributed by atoms with E-state index in [1.807, 2.05) is 24.3 Å². The van der Waals surface area contributed by atoms with Gasteiger partial charge in [-0.25, -0.2) is 0 Å². The van der Waals surface area contributed by atoms with E-state index in [9.17, 15) is 9.59 Å². The lowest BCUT2D eigenvalue weighted by Gasteiger charge is -2.35. The number of nitrogens with one attached hydrogen (secondary N) is 1. The smallest absolute Gasteiger partial charge is 0.324 e. The molecule has 0 bridgehead atoms. The Morgan fingerprint density at radius 2 is 1.97 bits per heavy atom. The number of carbonyl (C=O) groups is 2. The van der Waals surface area contributed by atoms with Crippen LogP contribution in [0.15, 0.2) is 28.8 Å². The minimum Gasteiger partial charge on any atom is -0.492 e. The van der Waals surface area contributed by atoms with Crippen molar-refractivity contribution >= 4 is 28.9 Å². The van der Waals surface area contributed by atoms with Crippen LogP contribution < -0.4 is 15.0 Å². The molecule has 2 fully saturated rings. The lowest BCUT2D eigenvalue weighted by molar-refractivity contribution is -0.118. The monoisotopic (exact) mass is 473 g/mol. The second-order valence-electron chi connectivity index (χ2n) is 8.87. The van der Waals surface area contributed by atoms with E-state index in [-0.39, 0.29) is 22.3 Å². The molecule has 0 spiro atoms. The van der Waals surface area contributed by atoms with Crippen molar-refractivity contribution in [3.05, 3.63) is 35.7 Å². The molecule has 1 atom stereocenters. The predicted molar refractivity (Wildman–Crippen MR) is 127 cm³/mol. The summed E-state index contributed by atoms with van der Waals surface area (Å²) in [5.41, 5.74) is 1.01. The summed E-state index contributed by atoms with van der Waals surface area (Å²) in [4.78, 5) is 32.0. The SMILES string of the molecule is CC(C)c1noc(N2CCC(N(C)CCOc3ccc(CC4SC(=O)NC4=O)cc3)CC2)n1. The van der Waals surface area contributed by atoms with Crippen LogP contribution in [0.4, 0.5) is 10.8 Å². The molecule has 1 aromatic carbocycles. The van der Waals surface area contributed by atoms with Gasteiger partial charge in [0.25, 0.3) is 5.24 Å². The van der Waals surface area contributed by atoms with Crippen molar-refractivity contribution in [3.63, 3.8) is 0 Å². The second-order valence-corrected chi connectivity index (χ2v) is 10.0. The summed E-state index contributed by atoms with van der Waals surface area (Å²) >= 11 is 1.05. The quantitative estimate of drug-likeness (QED) is 0.589. The second kappa shape index (κ2) is 10.6. The van der Waals surface area contributed by atoms with Crippen LogP contribution in [0.2, 0.25) is 0 Å². The molecule has 2 amide bonds. The third-order valence-electron chi connectivity index (χ3n) is 6.13. The molecule has 2 aliphatic heterocycles. The number of amides is 2. The van der Waals surface area contributed by atoms with Crippen molar-refractivity contribution in [1.82, 2.24) is 20.4 Å². The molecule has 2 aliphatic rings. The maximum atomic E-state index is 11.7. The number of anilines is 1. The standard InChI is InChI=1S/C23H31N5O4S/c1-15(2)20-24-22(32-26-20)28-10-8-17(9-11-28)27(3)12-13-31-18-6-4-16(5-7-18)14-19-21(29)25-23(30)33-19/h4-7,15,17,19H,8-14H2,1-3H3,(H,25,29,30). The number of carbonyl (C=O) groups excluding carboxylic acids is 2. The zero-order valence-electron chi connectivity index (χ0n) is 19.3. The van der Waals surface area contributed by atoms with E-state index in [2.05, 4.69) is 46.2 Å². The van der Waals surface area contributed by atoms with Gasteiger partial charge in [0, 0.05) is 31.6 Å². The first-order valence-electron chi connectivity index (χ1n) is 11.4. The van der Waals surface area contributed by atoms with Crippen molar-refractivity contribution in [2.45, 2.75) is 50.3 Å². The number of nitrogens with zero attached hydrogens (tertiary/aromatic N) is 4. The van der Waals surface area contributed by atoms with Crippen LogP contribution in [0.3, 0.4) is 0 Å². The molecule has 4 rings (SSSR count). The van der Waals surface area contributed by atoms with E-state index in [0.29, 0.717) is 25.1 Å². The van der Waals surface area contributed by atoms with Gasteiger partial charge >= 0.3 is 6.01 Å². The molecule has 33 heavy (non-hydrogen) atoms. The number of hydrogen-bond acceptors (Lipinski definition) is 9. The summed E-state index contributed by atoms with van der Waals surface area (Å²) in [6.07, 6.45) is 2.62. The maximum Gasteiger partial charge on any atom is 0.324 e. The van der Waals surface area contributed by atoms with Gasteiger partial charge in [-0.3, -0.25) is 19.8 Å². The number of piperidine rings is 1. The number of aromatic nitrogens is 2. The fraction of sp³-hybridized carbons (Fsp3) is 0.565. The predicted octanol–water partition coefficient (Wildman–Crippen LogP) is 3.07. The molecule has 0 radical (unpaired) electrons. The first-order valence-corrected chi connectivity index (χ1v) is 12.3. The van der Waals surface area contributed by atoms with Crippen LogP contribution in [0.1, 0.15) is 44.0 Å². The summed E-state index contributed by atoms with van der Waals surface area (Å²) in [5.74, 6) is 1.61. The highest BCUT2D eigenvalue weighted by Gasteiger charge is 2.31. The van der Waals surface area contributed by atoms with E-state index in [1.165, 1.54) is 0 Å². The summed E-state index contributed by atoms with van der Waals surface area (Å²) in [5, 5.41) is 5.77. The molecule has 10 heteroatoms. The average molecular weight is 474 g/mol. The Kier molecular flexibility index (Phi) is 7.54. The fourth-order valence-electron chi connectivity index (χ4n) is 4.04. The first-order chi connectivity index (χ1) is 15.9. The number of benzene rings is 1. The summed E-state index contributed by atoms with van der Waals surface area (Å²) in [6.45, 7) is 7.37. The third kappa shape index (κ3) is 6.05. The minimum atomic E-state index is -0.346. The van der Waals surface area contributed by atoms with Crippen molar-refractivity contribution in [1.29, 1.82) is 0 Å². The number of likely N-dealkylation sites (N-methyl/N-ethyl adjacent to an activating group) is 1. The summed E-state index contributed by atoms with van der Waals surface area (Å²) < 4.78 is 11.3. The zero-order valence-corrected chi connectivity index (χ0v) is 20.1. The van der Waals surface area contributed by atoms with Gasteiger partial charge in [-0.2, -0.15) is 4.98 Å². The Morgan fingerprint density at radius 1 is 1.24 bits per heavy atom. The molecule has 3 heterocycles. The molecule has 2 saturated heterocycles. The number of ether oxygens (including phenoxy) is 1. The van der Waals surface area contributed by atoms with Gasteiger partial charge in [0.2, 0.25) is 5.91 Å². The highest BCUT2D eigenvalue weighted by Crippen LogP contribution is 2.24. The van der Waals surface area contributed by atoms with Gasteiger partial charge < -0.3 is 14.2 Å². The molecular weight excluding hydrogens is 442 g/mol. The number of thioether (sulfide) groups is 1. The van der Waals surface area contributed by atoms with Crippen LogP contribution in [0.5, 0.6) is 5.75 Å². The van der Waals surface area contributed by atoms with Gasteiger partial charge in [-0.05, 0) is 44.0 Å². The molecule has 1 N–H and O–H groups in total. The van der Waals surface area contributed by atoms with Crippen molar-refractivity contribution in [3.8, 4) is 5.75 Å². The Morgan fingerprint density at radius 3 is 2.58 bits per heavy atom. The van der Waals surface area contributed by atoms with E-state index < -0.39 is 0 Å². The molecule has 2 aromatic rings. The van der Waals surface area contributed by atoms with Crippen molar-refractivity contribution in [2.24, 2.45) is 0 Å². The van der Waals surface area contributed by atoms with E-state index in [1.54, 1.807) is 0 Å². The molecule has 9 nitrogen and oxygen atoms in total. The Bertz CT molecular complexity index is 956. The van der Waals surface area contributed by atoms with Crippen LogP contribution in [-0.4, -0.2) is 70.8 Å². The Balaban J connectivity index is 1.17. The molecule has 0 saturated carbocycles. The Hall–Kier alpha value is -2.59. The van der Waals surface area contributed by atoms with Gasteiger partial charge in [-0.1, -0.05) is 42.9 Å². The lowest BCUT2D eigenvalue weighted by atomic mass is 10.0. The van der Waals surface area contributed by atoms with Gasteiger partial charge in [-0.15, -0.1) is 0 Å². The van der Waals surface area contributed by atoms with Gasteiger partial charge in [0.05, 0.1) is 5.25 Å². The van der Waals surface area contributed by atoms with Crippen LogP contribution >= 0.6 is 11.8 Å². The largest absolute Gasteiger partial charge is 0.492 e. The summed E-state index contributed by atoms with van der Waals surface area (Å²) in [6, 6.07) is 8.87. The Labute approximate surface area is 198 Å². The summed E-state index contributed by atoms with van der Waals surface area (Å²) in [7, 11) is 2.14. The van der Waals surface area contributed by atoms with Crippen molar-refractivity contribution in [2.75, 3.05) is 38.2 Å². The molecule has 1 unspecified atom stereocenters. The van der Waals surface area contributed by atoms with Crippen LogP contribution in [0.25, 0.3) is 0 Å². The van der Waals surface area contributed by atoms with E-state index in [4.69, 9.17) is 9.26 Å². The first kappa shape index (κ1) is 23.6. The highest BCUT2D eigenvalue weighted by atomic mass is 32.2. The van der Waals surface area contributed by atoms with Crippen LogP contribution in [-0.2, 0) is 11.2 Å². The number of rotatable bonds is 9. The average Bonchev–Trinajstić information content (AvgIpc) is 3.42.